The smallest absolute Gasteiger partial charge is 0.247 e. The molecule has 2 aromatic carbocycles. The fraction of sp³-hybridized carbons (Fsp3) is 0.261. The van der Waals surface area contributed by atoms with E-state index in [2.05, 4.69) is 15.2 Å². The van der Waals surface area contributed by atoms with Gasteiger partial charge in [-0.25, -0.2) is 9.37 Å². The van der Waals surface area contributed by atoms with Crippen LogP contribution in [0.1, 0.15) is 36.1 Å². The molecule has 0 saturated heterocycles. The van der Waals surface area contributed by atoms with Gasteiger partial charge in [0.1, 0.15) is 11.6 Å². The first-order valence-electron chi connectivity index (χ1n) is 9.85. The molecular weight excluding hydrogens is 421 g/mol. The number of aryl methyl sites for hydroxylation is 1. The molecule has 31 heavy (non-hydrogen) atoms. The van der Waals surface area contributed by atoms with Crippen LogP contribution in [0.2, 0.25) is 0 Å². The van der Waals surface area contributed by atoms with E-state index in [-0.39, 0.29) is 11.7 Å². The van der Waals surface area contributed by atoms with Gasteiger partial charge in [0.25, 0.3) is 0 Å². The van der Waals surface area contributed by atoms with Crippen LogP contribution in [0, 0.1) is 12.7 Å². The normalized spacial score (nSPS) is 12.1. The van der Waals surface area contributed by atoms with Crippen LogP contribution in [0.3, 0.4) is 0 Å². The van der Waals surface area contributed by atoms with Gasteiger partial charge in [0, 0.05) is 18.4 Å². The number of hydrogen-bond donors (Lipinski definition) is 0. The first kappa shape index (κ1) is 21.1. The van der Waals surface area contributed by atoms with Gasteiger partial charge in [0.05, 0.1) is 24.8 Å². The van der Waals surface area contributed by atoms with Crippen molar-refractivity contribution in [3.8, 4) is 28.5 Å². The Morgan fingerprint density at radius 2 is 1.90 bits per heavy atom. The Kier molecular flexibility index (Phi) is 6.32. The van der Waals surface area contributed by atoms with Crippen LogP contribution in [0.25, 0.3) is 22.8 Å². The number of oxazole rings is 1. The van der Waals surface area contributed by atoms with Crippen LogP contribution in [-0.4, -0.2) is 28.2 Å². The molecule has 1 unspecified atom stereocenters. The van der Waals surface area contributed by atoms with Gasteiger partial charge >= 0.3 is 0 Å². The molecule has 0 spiro atoms. The summed E-state index contributed by atoms with van der Waals surface area (Å²) in [5.74, 6) is 2.67. The number of halogens is 2. The van der Waals surface area contributed by atoms with E-state index in [9.17, 15) is 4.39 Å². The van der Waals surface area contributed by atoms with E-state index in [1.54, 1.807) is 32.4 Å². The molecule has 160 valence electrons. The van der Waals surface area contributed by atoms with Crippen molar-refractivity contribution in [3.63, 3.8) is 0 Å². The average Bonchev–Trinajstić information content (AvgIpc) is 3.44. The van der Waals surface area contributed by atoms with E-state index in [0.717, 1.165) is 17.5 Å². The molecule has 0 aliphatic heterocycles. The molecule has 0 aliphatic rings. The van der Waals surface area contributed by atoms with Crippen molar-refractivity contribution < 1.29 is 18.0 Å². The Bertz CT molecular complexity index is 1160. The van der Waals surface area contributed by atoms with Crippen LogP contribution in [0.4, 0.5) is 4.39 Å². The SMILES string of the molecule is COc1cc(-c2nnc(C(CCCCl)c3ccc(F)cc3)o2)ccc1-c1cnc(C)o1. The lowest BCUT2D eigenvalue weighted by Crippen LogP contribution is -2.02. The molecule has 0 aliphatic carbocycles. The molecule has 2 aromatic heterocycles. The minimum absolute atomic E-state index is 0.168. The van der Waals surface area contributed by atoms with Gasteiger partial charge in [-0.05, 0) is 48.7 Å². The molecule has 4 aromatic rings. The molecule has 0 N–H and O–H groups in total. The van der Waals surface area contributed by atoms with Gasteiger partial charge in [-0.1, -0.05) is 12.1 Å². The number of aromatic nitrogens is 3. The molecule has 6 nitrogen and oxygen atoms in total. The maximum Gasteiger partial charge on any atom is 0.247 e. The van der Waals surface area contributed by atoms with E-state index in [4.69, 9.17) is 25.2 Å². The zero-order valence-electron chi connectivity index (χ0n) is 17.1. The Balaban J connectivity index is 1.65. The lowest BCUT2D eigenvalue weighted by Gasteiger charge is -2.12. The maximum absolute atomic E-state index is 13.4. The summed E-state index contributed by atoms with van der Waals surface area (Å²) in [6, 6.07) is 11.9. The molecule has 0 saturated carbocycles. The quantitative estimate of drug-likeness (QED) is 0.312. The van der Waals surface area contributed by atoms with Crippen molar-refractivity contribution in [2.45, 2.75) is 25.7 Å². The second-order valence-electron chi connectivity index (χ2n) is 7.04. The summed E-state index contributed by atoms with van der Waals surface area (Å²) in [5.41, 5.74) is 2.39. The van der Waals surface area contributed by atoms with Crippen molar-refractivity contribution in [2.75, 3.05) is 13.0 Å². The first-order chi connectivity index (χ1) is 15.1. The Morgan fingerprint density at radius 1 is 1.10 bits per heavy atom. The number of ether oxygens (including phenoxy) is 1. The van der Waals surface area contributed by atoms with E-state index >= 15 is 0 Å². The lowest BCUT2D eigenvalue weighted by molar-refractivity contribution is 0.414. The van der Waals surface area contributed by atoms with Crippen LogP contribution < -0.4 is 4.74 Å². The standard InChI is InChI=1S/C23H21ClFN3O3/c1-14-26-13-21(30-14)19-10-7-16(12-20(19)29-2)22-27-28-23(31-22)18(4-3-11-24)15-5-8-17(25)9-6-15/h5-10,12-13,18H,3-4,11H2,1-2H3. The van der Waals surface area contributed by atoms with Crippen molar-refractivity contribution in [1.29, 1.82) is 0 Å². The van der Waals surface area contributed by atoms with Gasteiger partial charge in [-0.3, -0.25) is 0 Å². The minimum Gasteiger partial charge on any atom is -0.496 e. The highest BCUT2D eigenvalue weighted by Gasteiger charge is 2.22. The second kappa shape index (κ2) is 9.31. The Hall–Kier alpha value is -3.19. The third-order valence-electron chi connectivity index (χ3n) is 4.97. The maximum atomic E-state index is 13.4. The Labute approximate surface area is 184 Å². The molecular formula is C23H21ClFN3O3. The van der Waals surface area contributed by atoms with E-state index in [1.165, 1.54) is 12.1 Å². The van der Waals surface area contributed by atoms with Crippen molar-refractivity contribution in [1.82, 2.24) is 15.2 Å². The van der Waals surface area contributed by atoms with E-state index in [0.29, 0.717) is 47.0 Å². The molecule has 4 rings (SSSR count). The van der Waals surface area contributed by atoms with Gasteiger partial charge in [0.2, 0.25) is 11.8 Å². The van der Waals surface area contributed by atoms with Gasteiger partial charge < -0.3 is 13.6 Å². The summed E-state index contributed by atoms with van der Waals surface area (Å²) in [5, 5.41) is 8.49. The van der Waals surface area contributed by atoms with Crippen molar-refractivity contribution in [2.24, 2.45) is 0 Å². The molecule has 0 bridgehead atoms. The minimum atomic E-state index is -0.291. The molecule has 0 radical (unpaired) electrons. The topological polar surface area (TPSA) is 74.2 Å². The zero-order chi connectivity index (χ0) is 21.8. The number of nitrogens with zero attached hydrogens (tertiary/aromatic N) is 3. The summed E-state index contributed by atoms with van der Waals surface area (Å²) < 4.78 is 30.5. The summed E-state index contributed by atoms with van der Waals surface area (Å²) >= 11 is 5.89. The number of alkyl halides is 1. The van der Waals surface area contributed by atoms with Crippen molar-refractivity contribution in [3.05, 3.63) is 71.8 Å². The number of rotatable bonds is 8. The van der Waals surface area contributed by atoms with Gasteiger partial charge in [-0.2, -0.15) is 0 Å². The Morgan fingerprint density at radius 3 is 2.58 bits per heavy atom. The lowest BCUT2D eigenvalue weighted by atomic mass is 9.94. The molecule has 0 fully saturated rings. The summed E-state index contributed by atoms with van der Waals surface area (Å²) in [4.78, 5) is 4.13. The third kappa shape index (κ3) is 4.61. The predicted octanol–water partition coefficient (Wildman–Crippen LogP) is 6.00. The monoisotopic (exact) mass is 441 g/mol. The number of benzene rings is 2. The molecule has 2 heterocycles. The molecule has 1 atom stereocenters. The highest BCUT2D eigenvalue weighted by molar-refractivity contribution is 6.17. The van der Waals surface area contributed by atoms with Gasteiger partial charge in [0.15, 0.2) is 11.7 Å². The summed E-state index contributed by atoms with van der Waals surface area (Å²) in [7, 11) is 1.59. The number of hydrogen-bond acceptors (Lipinski definition) is 6. The largest absolute Gasteiger partial charge is 0.496 e. The first-order valence-corrected chi connectivity index (χ1v) is 10.4. The molecule has 0 amide bonds. The van der Waals surface area contributed by atoms with Crippen LogP contribution in [-0.2, 0) is 0 Å². The summed E-state index contributed by atoms with van der Waals surface area (Å²) in [6.45, 7) is 1.78. The fourth-order valence-electron chi connectivity index (χ4n) is 3.41. The highest BCUT2D eigenvalue weighted by Crippen LogP contribution is 2.35. The predicted molar refractivity (Wildman–Crippen MR) is 115 cm³/mol. The number of methoxy groups -OCH3 is 1. The third-order valence-corrected chi connectivity index (χ3v) is 5.24. The second-order valence-corrected chi connectivity index (χ2v) is 7.42. The zero-order valence-corrected chi connectivity index (χ0v) is 17.9. The van der Waals surface area contributed by atoms with E-state index < -0.39 is 0 Å². The molecule has 8 heteroatoms. The van der Waals surface area contributed by atoms with Crippen LogP contribution >= 0.6 is 11.6 Å². The van der Waals surface area contributed by atoms with Crippen molar-refractivity contribution >= 4 is 11.6 Å². The van der Waals surface area contributed by atoms with Crippen LogP contribution in [0.15, 0.2) is 57.5 Å². The summed E-state index contributed by atoms with van der Waals surface area (Å²) in [6.07, 6.45) is 3.13. The fourth-order valence-corrected chi connectivity index (χ4v) is 3.57. The van der Waals surface area contributed by atoms with Crippen LogP contribution in [0.5, 0.6) is 5.75 Å². The van der Waals surface area contributed by atoms with E-state index in [1.807, 2.05) is 18.2 Å². The highest BCUT2D eigenvalue weighted by atomic mass is 35.5. The van der Waals surface area contributed by atoms with Gasteiger partial charge in [-0.15, -0.1) is 21.8 Å². The average molecular weight is 442 g/mol.